The summed E-state index contributed by atoms with van der Waals surface area (Å²) in [6.07, 6.45) is 0. The maximum Gasteiger partial charge on any atom is 0.326 e. The van der Waals surface area contributed by atoms with E-state index < -0.39 is 17.5 Å². The summed E-state index contributed by atoms with van der Waals surface area (Å²) >= 11 is 6.51. The van der Waals surface area contributed by atoms with E-state index in [0.29, 0.717) is 6.61 Å². The van der Waals surface area contributed by atoms with Crippen molar-refractivity contribution in [2.24, 2.45) is 5.92 Å². The SMILES string of the molecule is CCO[P@@](C)(=S)SCC(=O)N[C@@H](C(=O)O)C(C)C. The monoisotopic (exact) mass is 313 g/mol. The molecule has 0 bridgehead atoms. The van der Waals surface area contributed by atoms with Crippen LogP contribution in [0.2, 0.25) is 0 Å². The summed E-state index contributed by atoms with van der Waals surface area (Å²) in [7, 11) is 0. The zero-order chi connectivity index (χ0) is 14.3. The average Bonchev–Trinajstić information content (AvgIpc) is 2.22. The van der Waals surface area contributed by atoms with E-state index in [1.807, 2.05) is 6.92 Å². The predicted octanol–water partition coefficient (Wildman–Crippen LogP) is 1.92. The highest BCUT2D eigenvalue weighted by atomic mass is 32.9. The number of rotatable bonds is 8. The van der Waals surface area contributed by atoms with E-state index in [2.05, 4.69) is 5.32 Å². The fourth-order valence-corrected chi connectivity index (χ4v) is 4.54. The number of hydrogen-bond donors (Lipinski definition) is 2. The second-order valence-corrected chi connectivity index (χ2v) is 12.1. The molecule has 0 aromatic carbocycles. The van der Waals surface area contributed by atoms with Gasteiger partial charge in [-0.1, -0.05) is 37.0 Å². The van der Waals surface area contributed by atoms with E-state index in [1.54, 1.807) is 20.5 Å². The molecule has 0 saturated heterocycles. The minimum Gasteiger partial charge on any atom is -0.480 e. The molecule has 0 aromatic rings. The van der Waals surface area contributed by atoms with Crippen LogP contribution in [0.5, 0.6) is 0 Å². The molecule has 0 fully saturated rings. The van der Waals surface area contributed by atoms with Crippen LogP contribution in [0.25, 0.3) is 0 Å². The molecule has 8 heteroatoms. The van der Waals surface area contributed by atoms with Gasteiger partial charge in [0, 0.05) is 6.61 Å². The highest BCUT2D eigenvalue weighted by Crippen LogP contribution is 2.56. The molecule has 0 radical (unpaired) electrons. The van der Waals surface area contributed by atoms with E-state index in [-0.39, 0.29) is 17.6 Å². The molecule has 0 spiro atoms. The van der Waals surface area contributed by atoms with Crippen molar-refractivity contribution in [3.63, 3.8) is 0 Å². The Morgan fingerprint density at radius 3 is 2.44 bits per heavy atom. The van der Waals surface area contributed by atoms with Crippen LogP contribution in [0.4, 0.5) is 0 Å². The first-order valence-electron chi connectivity index (χ1n) is 5.58. The lowest BCUT2D eigenvalue weighted by Crippen LogP contribution is -2.45. The molecule has 106 valence electrons. The number of carbonyl (C=O) groups excluding carboxylic acids is 1. The molecule has 0 rings (SSSR count). The molecule has 0 saturated carbocycles. The van der Waals surface area contributed by atoms with Crippen molar-refractivity contribution in [3.8, 4) is 0 Å². The lowest BCUT2D eigenvalue weighted by Gasteiger charge is -2.19. The van der Waals surface area contributed by atoms with E-state index in [4.69, 9.17) is 21.4 Å². The molecule has 2 N–H and O–H groups in total. The van der Waals surface area contributed by atoms with Gasteiger partial charge in [0.05, 0.1) is 5.75 Å². The molecule has 0 aliphatic carbocycles. The molecule has 0 aromatic heterocycles. The average molecular weight is 313 g/mol. The molecule has 5 nitrogen and oxygen atoms in total. The fraction of sp³-hybridized carbons (Fsp3) is 0.800. The lowest BCUT2D eigenvalue weighted by molar-refractivity contribution is -0.142. The third-order valence-electron chi connectivity index (χ3n) is 2.04. The van der Waals surface area contributed by atoms with Crippen LogP contribution in [-0.2, 0) is 25.9 Å². The third-order valence-corrected chi connectivity index (χ3v) is 7.01. The molecular weight excluding hydrogens is 293 g/mol. The van der Waals surface area contributed by atoms with Gasteiger partial charge in [-0.05, 0) is 19.5 Å². The minimum atomic E-state index is -2.00. The molecule has 0 heterocycles. The van der Waals surface area contributed by atoms with Crippen molar-refractivity contribution in [3.05, 3.63) is 0 Å². The molecule has 2 atom stereocenters. The van der Waals surface area contributed by atoms with Crippen molar-refractivity contribution < 1.29 is 19.2 Å². The Labute approximate surface area is 117 Å². The van der Waals surface area contributed by atoms with E-state index in [1.165, 1.54) is 11.4 Å². The van der Waals surface area contributed by atoms with Crippen LogP contribution in [-0.4, -0.2) is 42.0 Å². The standard InChI is InChI=1S/C10H20NO4PS2/c1-5-15-16(4,17)18-6-8(12)11-9(7(2)3)10(13)14/h7,9H,5-6H2,1-4H3,(H,11,12)(H,13,14)/t9-,16+/m1/s1. The van der Waals surface area contributed by atoms with Crippen molar-refractivity contribution in [2.45, 2.75) is 26.8 Å². The minimum absolute atomic E-state index is 0.129. The third kappa shape index (κ3) is 7.36. The summed E-state index contributed by atoms with van der Waals surface area (Å²) in [4.78, 5) is 22.6. The summed E-state index contributed by atoms with van der Waals surface area (Å²) < 4.78 is 5.37. The molecule has 18 heavy (non-hydrogen) atoms. The van der Waals surface area contributed by atoms with Crippen LogP contribution in [0, 0.1) is 5.92 Å². The first-order valence-corrected chi connectivity index (χ1v) is 10.3. The fourth-order valence-electron chi connectivity index (χ4n) is 1.18. The van der Waals surface area contributed by atoms with Crippen LogP contribution < -0.4 is 5.32 Å². The van der Waals surface area contributed by atoms with Crippen molar-refractivity contribution in [1.82, 2.24) is 5.32 Å². The summed E-state index contributed by atoms with van der Waals surface area (Å²) in [6, 6.07) is -0.861. The number of carbonyl (C=O) groups is 2. The number of aliphatic carboxylic acids is 1. The van der Waals surface area contributed by atoms with Gasteiger partial charge in [0.2, 0.25) is 5.91 Å². The van der Waals surface area contributed by atoms with Gasteiger partial charge in [-0.3, -0.25) is 4.79 Å². The molecule has 0 aliphatic rings. The Morgan fingerprint density at radius 1 is 1.50 bits per heavy atom. The number of carboxylic acids is 1. The highest BCUT2D eigenvalue weighted by Gasteiger charge is 2.24. The number of carboxylic acid groups (broad SMARTS) is 1. The van der Waals surface area contributed by atoms with Crippen LogP contribution >= 0.6 is 16.8 Å². The number of nitrogens with one attached hydrogen (secondary N) is 1. The Bertz CT molecular complexity index is 349. The van der Waals surface area contributed by atoms with Gasteiger partial charge in [0.15, 0.2) is 0 Å². The van der Waals surface area contributed by atoms with Crippen molar-refractivity contribution >= 4 is 40.5 Å². The van der Waals surface area contributed by atoms with E-state index in [9.17, 15) is 9.59 Å². The molecule has 0 unspecified atom stereocenters. The van der Waals surface area contributed by atoms with Gasteiger partial charge < -0.3 is 14.9 Å². The Kier molecular flexibility index (Phi) is 8.10. The second kappa shape index (κ2) is 8.15. The van der Waals surface area contributed by atoms with E-state index in [0.717, 1.165) is 0 Å². The van der Waals surface area contributed by atoms with Gasteiger partial charge in [-0.15, -0.1) is 0 Å². The Balaban J connectivity index is 4.27. The molecule has 0 aliphatic heterocycles. The summed E-state index contributed by atoms with van der Waals surface area (Å²) in [5.41, 5.74) is -2.00. The second-order valence-electron chi connectivity index (χ2n) is 4.09. The van der Waals surface area contributed by atoms with Gasteiger partial charge in [0.1, 0.15) is 11.5 Å². The highest BCUT2D eigenvalue weighted by molar-refractivity contribution is 8.69. The Morgan fingerprint density at radius 2 is 2.06 bits per heavy atom. The molecule has 1 amide bonds. The van der Waals surface area contributed by atoms with Gasteiger partial charge >= 0.3 is 5.97 Å². The maximum absolute atomic E-state index is 11.6. The normalized spacial score (nSPS) is 16.1. The molecular formula is C10H20NO4PS2. The van der Waals surface area contributed by atoms with Crippen LogP contribution in [0.1, 0.15) is 20.8 Å². The van der Waals surface area contributed by atoms with Crippen molar-refractivity contribution in [2.75, 3.05) is 19.0 Å². The lowest BCUT2D eigenvalue weighted by atomic mass is 10.1. The summed E-state index contributed by atoms with van der Waals surface area (Å²) in [6.45, 7) is 7.67. The van der Waals surface area contributed by atoms with Crippen LogP contribution in [0.3, 0.4) is 0 Å². The van der Waals surface area contributed by atoms with Gasteiger partial charge in [-0.2, -0.15) is 0 Å². The predicted molar refractivity (Wildman–Crippen MR) is 78.7 cm³/mol. The Hall–Kier alpha value is -0.100. The quantitative estimate of drug-likeness (QED) is 0.667. The zero-order valence-corrected chi connectivity index (χ0v) is 13.5. The maximum atomic E-state index is 11.6. The number of amides is 1. The first kappa shape index (κ1) is 17.9. The summed E-state index contributed by atoms with van der Waals surface area (Å²) in [5.74, 6) is -1.38. The van der Waals surface area contributed by atoms with E-state index >= 15 is 0 Å². The zero-order valence-electron chi connectivity index (χ0n) is 11.0. The number of hydrogen-bond acceptors (Lipinski definition) is 5. The van der Waals surface area contributed by atoms with Crippen LogP contribution in [0.15, 0.2) is 0 Å². The van der Waals surface area contributed by atoms with Gasteiger partial charge in [0.25, 0.3) is 0 Å². The van der Waals surface area contributed by atoms with Crippen molar-refractivity contribution in [1.29, 1.82) is 0 Å². The largest absolute Gasteiger partial charge is 0.480 e. The summed E-state index contributed by atoms with van der Waals surface area (Å²) in [5, 5.41) is 11.4. The smallest absolute Gasteiger partial charge is 0.326 e. The van der Waals surface area contributed by atoms with Gasteiger partial charge in [-0.25, -0.2) is 4.79 Å². The first-order chi connectivity index (χ1) is 8.19. The topological polar surface area (TPSA) is 75.6 Å².